The number of alkyl halides is 1. The summed E-state index contributed by atoms with van der Waals surface area (Å²) in [7, 11) is 0. The van der Waals surface area contributed by atoms with Crippen LogP contribution in [0.5, 0.6) is 0 Å². The third-order valence-electron chi connectivity index (χ3n) is 2.75. The molecule has 1 saturated carbocycles. The van der Waals surface area contributed by atoms with Gasteiger partial charge in [0.25, 0.3) is 0 Å². The van der Waals surface area contributed by atoms with E-state index in [1.54, 1.807) is 0 Å². The minimum atomic E-state index is -0.689. The Morgan fingerprint density at radius 2 is 2.00 bits per heavy atom. The molecule has 3 heteroatoms. The maximum absolute atomic E-state index is 12.6. The fraction of sp³-hybridized carbons (Fsp3) is 1.00. The van der Waals surface area contributed by atoms with E-state index in [-0.39, 0.29) is 18.0 Å². The highest BCUT2D eigenvalue weighted by molar-refractivity contribution is 5.85. The lowest BCUT2D eigenvalue weighted by Crippen LogP contribution is -2.45. The van der Waals surface area contributed by atoms with Crippen LogP contribution >= 0.6 is 12.4 Å². The lowest BCUT2D eigenvalue weighted by atomic mass is 9.75. The third-order valence-corrected chi connectivity index (χ3v) is 2.75. The summed E-state index contributed by atoms with van der Waals surface area (Å²) in [6.07, 6.45) is 4.59. The van der Waals surface area contributed by atoms with E-state index in [0.717, 1.165) is 12.8 Å². The molecule has 0 N–H and O–H groups in total. The smallest absolute Gasteiger partial charge is 0.123 e. The van der Waals surface area contributed by atoms with Crippen molar-refractivity contribution < 1.29 is 9.13 Å². The zero-order valence-corrected chi connectivity index (χ0v) is 7.33. The molecule has 1 atom stereocenters. The van der Waals surface area contributed by atoms with Crippen LogP contribution < -0.4 is 0 Å². The lowest BCUT2D eigenvalue weighted by molar-refractivity contribution is -0.148. The molecule has 0 bridgehead atoms. The maximum atomic E-state index is 12.6. The van der Waals surface area contributed by atoms with Gasteiger partial charge in [0.1, 0.15) is 6.17 Å². The Bertz CT molecular complexity index is 126. The zero-order valence-electron chi connectivity index (χ0n) is 6.51. The molecule has 1 spiro atoms. The Kier molecular flexibility index (Phi) is 2.76. The predicted molar refractivity (Wildman–Crippen MR) is 43.9 cm³/mol. The van der Waals surface area contributed by atoms with Gasteiger partial charge in [-0.15, -0.1) is 12.4 Å². The van der Waals surface area contributed by atoms with Crippen LogP contribution in [0.3, 0.4) is 0 Å². The number of hydrogen-bond donors (Lipinski definition) is 0. The minimum absolute atomic E-state index is 0. The van der Waals surface area contributed by atoms with Crippen LogP contribution in [-0.4, -0.2) is 18.4 Å². The van der Waals surface area contributed by atoms with Crippen molar-refractivity contribution in [3.63, 3.8) is 0 Å². The van der Waals surface area contributed by atoms with Crippen LogP contribution in [0.4, 0.5) is 4.39 Å². The Hall–Kier alpha value is 0.180. The van der Waals surface area contributed by atoms with Crippen LogP contribution in [-0.2, 0) is 4.74 Å². The molecule has 0 radical (unpaired) electrons. The quantitative estimate of drug-likeness (QED) is 0.557. The second-order valence-corrected chi connectivity index (χ2v) is 3.48. The summed E-state index contributed by atoms with van der Waals surface area (Å²) in [5, 5.41) is 0. The fourth-order valence-electron chi connectivity index (χ4n) is 1.81. The summed E-state index contributed by atoms with van der Waals surface area (Å²) in [5.41, 5.74) is 0.141. The van der Waals surface area contributed by atoms with E-state index in [9.17, 15) is 4.39 Å². The van der Waals surface area contributed by atoms with Crippen LogP contribution in [0.15, 0.2) is 0 Å². The molecule has 2 rings (SSSR count). The first-order chi connectivity index (χ1) is 4.81. The van der Waals surface area contributed by atoms with Gasteiger partial charge in [-0.25, -0.2) is 4.39 Å². The van der Waals surface area contributed by atoms with Crippen molar-refractivity contribution in [1.29, 1.82) is 0 Å². The first-order valence-electron chi connectivity index (χ1n) is 4.09. The average Bonchev–Trinajstić information content (AvgIpc) is 1.86. The summed E-state index contributed by atoms with van der Waals surface area (Å²) in [6, 6.07) is 0. The Morgan fingerprint density at radius 3 is 2.36 bits per heavy atom. The van der Waals surface area contributed by atoms with E-state index in [1.807, 2.05) is 0 Å². The van der Waals surface area contributed by atoms with E-state index in [1.165, 1.54) is 19.3 Å². The van der Waals surface area contributed by atoms with E-state index < -0.39 is 6.17 Å². The topological polar surface area (TPSA) is 9.23 Å². The molecule has 0 aromatic heterocycles. The molecule has 0 unspecified atom stereocenters. The third kappa shape index (κ3) is 1.67. The van der Waals surface area contributed by atoms with E-state index >= 15 is 0 Å². The van der Waals surface area contributed by atoms with Crippen molar-refractivity contribution in [1.82, 2.24) is 0 Å². The first kappa shape index (κ1) is 9.27. The van der Waals surface area contributed by atoms with Gasteiger partial charge in [0, 0.05) is 0 Å². The molecule has 1 saturated heterocycles. The summed E-state index contributed by atoms with van der Waals surface area (Å²) in [5.74, 6) is 0. The Balaban J connectivity index is 0.000000605. The van der Waals surface area contributed by atoms with Gasteiger partial charge in [-0.05, 0) is 32.1 Å². The number of hydrogen-bond acceptors (Lipinski definition) is 1. The highest BCUT2D eigenvalue weighted by Gasteiger charge is 2.41. The highest BCUT2D eigenvalue weighted by atomic mass is 35.5. The SMILES string of the molecule is Cl.F[C@@H]1CCC2(CCC2)OC1. The van der Waals surface area contributed by atoms with Gasteiger partial charge < -0.3 is 4.74 Å². The number of rotatable bonds is 0. The fourth-order valence-corrected chi connectivity index (χ4v) is 1.81. The van der Waals surface area contributed by atoms with Crippen molar-refractivity contribution in [2.75, 3.05) is 6.61 Å². The second-order valence-electron chi connectivity index (χ2n) is 3.48. The maximum Gasteiger partial charge on any atom is 0.123 e. The van der Waals surface area contributed by atoms with Gasteiger partial charge in [-0.3, -0.25) is 0 Å². The van der Waals surface area contributed by atoms with E-state index in [2.05, 4.69) is 0 Å². The van der Waals surface area contributed by atoms with Crippen molar-refractivity contribution >= 4 is 12.4 Å². The van der Waals surface area contributed by atoms with Gasteiger partial charge in [-0.2, -0.15) is 0 Å². The van der Waals surface area contributed by atoms with Gasteiger partial charge in [0.05, 0.1) is 12.2 Å². The van der Waals surface area contributed by atoms with Gasteiger partial charge in [-0.1, -0.05) is 0 Å². The van der Waals surface area contributed by atoms with E-state index in [0.29, 0.717) is 6.61 Å². The van der Waals surface area contributed by atoms with E-state index in [4.69, 9.17) is 4.74 Å². The van der Waals surface area contributed by atoms with Crippen LogP contribution in [0, 0.1) is 0 Å². The van der Waals surface area contributed by atoms with Crippen LogP contribution in [0.25, 0.3) is 0 Å². The second kappa shape index (κ2) is 3.28. The normalized spacial score (nSPS) is 34.1. The van der Waals surface area contributed by atoms with Crippen LogP contribution in [0.1, 0.15) is 32.1 Å². The molecular formula is C8H14ClFO. The van der Waals surface area contributed by atoms with Gasteiger partial charge in [0.2, 0.25) is 0 Å². The predicted octanol–water partition coefficient (Wildman–Crippen LogP) is 2.48. The molecule has 0 aromatic rings. The standard InChI is InChI=1S/C8H13FO.ClH/c9-7-2-5-8(10-6-7)3-1-4-8;/h7H,1-6H2;1H/t7-;/m1./s1. The van der Waals surface area contributed by atoms with Gasteiger partial charge in [0.15, 0.2) is 0 Å². The molecule has 1 aliphatic carbocycles. The highest BCUT2D eigenvalue weighted by Crippen LogP contribution is 2.42. The largest absolute Gasteiger partial charge is 0.372 e. The van der Waals surface area contributed by atoms with Crippen LogP contribution in [0.2, 0.25) is 0 Å². The van der Waals surface area contributed by atoms with Crippen molar-refractivity contribution in [3.8, 4) is 0 Å². The number of halogens is 2. The van der Waals surface area contributed by atoms with Crippen molar-refractivity contribution in [2.45, 2.75) is 43.9 Å². The van der Waals surface area contributed by atoms with Crippen molar-refractivity contribution in [3.05, 3.63) is 0 Å². The molecule has 11 heavy (non-hydrogen) atoms. The first-order valence-corrected chi connectivity index (χ1v) is 4.09. The molecule has 2 fully saturated rings. The van der Waals surface area contributed by atoms with Crippen molar-refractivity contribution in [2.24, 2.45) is 0 Å². The molecule has 1 nitrogen and oxygen atoms in total. The molecule has 0 aromatic carbocycles. The molecular weight excluding hydrogens is 167 g/mol. The summed E-state index contributed by atoms with van der Waals surface area (Å²) in [6.45, 7) is 0.347. The molecule has 2 aliphatic rings. The zero-order chi connectivity index (χ0) is 7.03. The monoisotopic (exact) mass is 180 g/mol. The summed E-state index contributed by atoms with van der Waals surface area (Å²) < 4.78 is 18.0. The molecule has 66 valence electrons. The summed E-state index contributed by atoms with van der Waals surface area (Å²) >= 11 is 0. The average molecular weight is 181 g/mol. The number of ether oxygens (including phenoxy) is 1. The molecule has 1 aliphatic heterocycles. The van der Waals surface area contributed by atoms with Gasteiger partial charge >= 0.3 is 0 Å². The lowest BCUT2D eigenvalue weighted by Gasteiger charge is -2.45. The minimum Gasteiger partial charge on any atom is -0.372 e. The summed E-state index contributed by atoms with van der Waals surface area (Å²) in [4.78, 5) is 0. The molecule has 1 heterocycles. The Morgan fingerprint density at radius 1 is 1.27 bits per heavy atom. The Labute approximate surface area is 72.7 Å². The molecule has 0 amide bonds.